The molecule has 2 rings (SSSR count). The van der Waals surface area contributed by atoms with Crippen LogP contribution in [0.1, 0.15) is 19.4 Å². The predicted octanol–water partition coefficient (Wildman–Crippen LogP) is 2.79. The standard InChI is InChI=1S/C17H20N2O3/c1-12(2)8-9-19-11-14(17(20)21)10-16(18-19)13-4-6-15(22-3)7-5-13/h4-8,10-11,18H,9H2,1-3H3,(H,20,21). The zero-order valence-electron chi connectivity index (χ0n) is 13.0. The topological polar surface area (TPSA) is 61.8 Å². The van der Waals surface area contributed by atoms with Crippen molar-refractivity contribution in [2.24, 2.45) is 0 Å². The highest BCUT2D eigenvalue weighted by Crippen LogP contribution is 2.21. The number of nitrogens with zero attached hydrogens (tertiary/aromatic N) is 1. The molecule has 0 aliphatic carbocycles. The molecule has 1 aromatic rings. The predicted molar refractivity (Wildman–Crippen MR) is 86.0 cm³/mol. The van der Waals surface area contributed by atoms with Gasteiger partial charge in [-0.25, -0.2) is 4.79 Å². The van der Waals surface area contributed by atoms with Crippen LogP contribution in [0.4, 0.5) is 0 Å². The van der Waals surface area contributed by atoms with E-state index in [-0.39, 0.29) is 5.57 Å². The number of carbonyl (C=O) groups is 1. The van der Waals surface area contributed by atoms with E-state index in [1.165, 1.54) is 5.57 Å². The Hall–Kier alpha value is -2.69. The molecule has 0 spiro atoms. The number of hydrogen-bond acceptors (Lipinski definition) is 4. The molecular formula is C17H20N2O3. The summed E-state index contributed by atoms with van der Waals surface area (Å²) in [6, 6.07) is 7.47. The number of aliphatic carboxylic acids is 1. The zero-order valence-corrected chi connectivity index (χ0v) is 13.0. The second-order valence-electron chi connectivity index (χ2n) is 5.22. The minimum Gasteiger partial charge on any atom is -0.497 e. The maximum Gasteiger partial charge on any atom is 0.337 e. The lowest BCUT2D eigenvalue weighted by molar-refractivity contribution is -0.132. The number of allylic oxidation sites excluding steroid dienone is 1. The van der Waals surface area contributed by atoms with Crippen LogP contribution in [0.25, 0.3) is 5.70 Å². The molecule has 22 heavy (non-hydrogen) atoms. The molecule has 0 aromatic heterocycles. The molecule has 5 heteroatoms. The van der Waals surface area contributed by atoms with Crippen LogP contribution in [0.5, 0.6) is 5.75 Å². The first-order valence-electron chi connectivity index (χ1n) is 6.97. The van der Waals surface area contributed by atoms with Crippen LogP contribution in [0.15, 0.2) is 53.8 Å². The van der Waals surface area contributed by atoms with Gasteiger partial charge in [0.1, 0.15) is 5.75 Å². The Balaban J connectivity index is 2.27. The van der Waals surface area contributed by atoms with Gasteiger partial charge >= 0.3 is 5.97 Å². The number of carboxylic acids is 1. The van der Waals surface area contributed by atoms with Gasteiger partial charge in [0, 0.05) is 6.20 Å². The normalized spacial score (nSPS) is 13.7. The summed E-state index contributed by atoms with van der Waals surface area (Å²) in [5.41, 5.74) is 6.27. The van der Waals surface area contributed by atoms with Gasteiger partial charge in [-0.3, -0.25) is 10.4 Å². The van der Waals surface area contributed by atoms with Crippen LogP contribution in [-0.2, 0) is 4.79 Å². The van der Waals surface area contributed by atoms with E-state index in [4.69, 9.17) is 4.74 Å². The van der Waals surface area contributed by atoms with Gasteiger partial charge in [0.15, 0.2) is 0 Å². The maximum absolute atomic E-state index is 11.3. The summed E-state index contributed by atoms with van der Waals surface area (Å²) in [5.74, 6) is -0.190. The van der Waals surface area contributed by atoms with E-state index in [9.17, 15) is 9.90 Å². The fourth-order valence-electron chi connectivity index (χ4n) is 1.99. The molecule has 1 aromatic carbocycles. The highest BCUT2D eigenvalue weighted by Gasteiger charge is 2.16. The number of carboxylic acid groups (broad SMARTS) is 1. The van der Waals surface area contributed by atoms with E-state index < -0.39 is 5.97 Å². The van der Waals surface area contributed by atoms with Gasteiger partial charge in [-0.2, -0.15) is 0 Å². The maximum atomic E-state index is 11.3. The van der Waals surface area contributed by atoms with Crippen LogP contribution in [0, 0.1) is 0 Å². The Kier molecular flexibility index (Phi) is 4.88. The van der Waals surface area contributed by atoms with Gasteiger partial charge in [0.25, 0.3) is 0 Å². The highest BCUT2D eigenvalue weighted by molar-refractivity contribution is 5.93. The van der Waals surface area contributed by atoms with E-state index in [0.29, 0.717) is 6.54 Å². The smallest absolute Gasteiger partial charge is 0.337 e. The Morgan fingerprint density at radius 2 is 2.00 bits per heavy atom. The van der Waals surface area contributed by atoms with Crippen LogP contribution < -0.4 is 10.2 Å². The molecule has 1 aliphatic rings. The van der Waals surface area contributed by atoms with Crippen molar-refractivity contribution in [3.05, 3.63) is 59.3 Å². The Labute approximate surface area is 130 Å². The van der Waals surface area contributed by atoms with Gasteiger partial charge in [-0.15, -0.1) is 0 Å². The van der Waals surface area contributed by atoms with Crippen molar-refractivity contribution in [1.29, 1.82) is 0 Å². The first-order chi connectivity index (χ1) is 10.5. The summed E-state index contributed by atoms with van der Waals surface area (Å²) in [5, 5.41) is 11.0. The molecule has 0 radical (unpaired) electrons. The molecular weight excluding hydrogens is 280 g/mol. The lowest BCUT2D eigenvalue weighted by Gasteiger charge is -2.27. The SMILES string of the molecule is COc1ccc(C2=CC(C(=O)O)=CN(CC=C(C)C)N2)cc1. The lowest BCUT2D eigenvalue weighted by atomic mass is 10.1. The average molecular weight is 300 g/mol. The molecule has 0 saturated carbocycles. The lowest BCUT2D eigenvalue weighted by Crippen LogP contribution is -2.35. The third kappa shape index (κ3) is 3.91. The molecule has 0 saturated heterocycles. The average Bonchev–Trinajstić information content (AvgIpc) is 2.52. The third-order valence-electron chi connectivity index (χ3n) is 3.20. The summed E-state index contributed by atoms with van der Waals surface area (Å²) < 4.78 is 5.14. The molecule has 5 nitrogen and oxygen atoms in total. The largest absolute Gasteiger partial charge is 0.497 e. The minimum atomic E-state index is -0.949. The van der Waals surface area contributed by atoms with Crippen LogP contribution >= 0.6 is 0 Å². The van der Waals surface area contributed by atoms with Crippen molar-refractivity contribution in [2.45, 2.75) is 13.8 Å². The summed E-state index contributed by atoms with van der Waals surface area (Å²) in [4.78, 5) is 11.3. The first kappa shape index (κ1) is 15.7. The van der Waals surface area contributed by atoms with Crippen molar-refractivity contribution in [3.63, 3.8) is 0 Å². The Morgan fingerprint density at radius 1 is 1.32 bits per heavy atom. The first-order valence-corrected chi connectivity index (χ1v) is 6.97. The van der Waals surface area contributed by atoms with E-state index in [2.05, 4.69) is 5.43 Å². The molecule has 1 heterocycles. The van der Waals surface area contributed by atoms with Crippen molar-refractivity contribution in [3.8, 4) is 5.75 Å². The fraction of sp³-hybridized carbons (Fsp3) is 0.235. The summed E-state index contributed by atoms with van der Waals surface area (Å²) in [6.07, 6.45) is 5.25. The number of hydrazine groups is 1. The monoisotopic (exact) mass is 300 g/mol. The van der Waals surface area contributed by atoms with Crippen molar-refractivity contribution in [2.75, 3.05) is 13.7 Å². The second-order valence-corrected chi connectivity index (χ2v) is 5.22. The summed E-state index contributed by atoms with van der Waals surface area (Å²) >= 11 is 0. The van der Waals surface area contributed by atoms with Gasteiger partial charge < -0.3 is 9.84 Å². The molecule has 1 aliphatic heterocycles. The number of rotatable bonds is 5. The molecule has 0 amide bonds. The van der Waals surface area contributed by atoms with Crippen LogP contribution in [-0.4, -0.2) is 29.7 Å². The fourth-order valence-corrected chi connectivity index (χ4v) is 1.99. The number of benzene rings is 1. The number of methoxy groups -OCH3 is 1. The highest BCUT2D eigenvalue weighted by atomic mass is 16.5. The minimum absolute atomic E-state index is 0.242. The summed E-state index contributed by atoms with van der Waals surface area (Å²) in [7, 11) is 1.61. The quantitative estimate of drug-likeness (QED) is 0.819. The van der Waals surface area contributed by atoms with Crippen LogP contribution in [0.2, 0.25) is 0 Å². The molecule has 2 N–H and O–H groups in total. The van der Waals surface area contributed by atoms with E-state index >= 15 is 0 Å². The van der Waals surface area contributed by atoms with Crippen molar-refractivity contribution >= 4 is 11.7 Å². The van der Waals surface area contributed by atoms with Crippen LogP contribution in [0.3, 0.4) is 0 Å². The third-order valence-corrected chi connectivity index (χ3v) is 3.20. The summed E-state index contributed by atoms with van der Waals surface area (Å²) in [6.45, 7) is 4.60. The van der Waals surface area contributed by atoms with E-state index in [1.54, 1.807) is 24.4 Å². The molecule has 0 atom stereocenters. The van der Waals surface area contributed by atoms with Gasteiger partial charge in [-0.1, -0.05) is 11.6 Å². The number of ether oxygens (including phenoxy) is 1. The number of nitrogens with one attached hydrogen (secondary N) is 1. The van der Waals surface area contributed by atoms with Crippen molar-refractivity contribution in [1.82, 2.24) is 10.4 Å². The van der Waals surface area contributed by atoms with Gasteiger partial charge in [0.2, 0.25) is 0 Å². The second kappa shape index (κ2) is 6.85. The molecule has 0 unspecified atom stereocenters. The van der Waals surface area contributed by atoms with E-state index in [0.717, 1.165) is 17.0 Å². The Morgan fingerprint density at radius 3 is 2.55 bits per heavy atom. The van der Waals surface area contributed by atoms with Gasteiger partial charge in [0.05, 0.1) is 24.9 Å². The van der Waals surface area contributed by atoms with Crippen molar-refractivity contribution < 1.29 is 14.6 Å². The molecule has 0 bridgehead atoms. The van der Waals surface area contributed by atoms with Gasteiger partial charge in [-0.05, 0) is 49.8 Å². The Bertz CT molecular complexity index is 638. The van der Waals surface area contributed by atoms with E-state index in [1.807, 2.05) is 44.2 Å². The molecule has 116 valence electrons. The number of hydrogen-bond donors (Lipinski definition) is 2. The molecule has 0 fully saturated rings. The zero-order chi connectivity index (χ0) is 16.1.